The van der Waals surface area contributed by atoms with E-state index in [0.29, 0.717) is 16.3 Å². The smallest absolute Gasteiger partial charge is 0.337 e. The fraction of sp³-hybridized carbons (Fsp3) is 0.0625. The van der Waals surface area contributed by atoms with Crippen LogP contribution in [0.5, 0.6) is 0 Å². The summed E-state index contributed by atoms with van der Waals surface area (Å²) >= 11 is 4.84. The van der Waals surface area contributed by atoms with Crippen LogP contribution in [0.4, 0.5) is 5.13 Å². The SMILES string of the molecule is COC(=O)c1ccc(C(=O)Nc2nc3c(Br)cccc3s2)cc1. The highest BCUT2D eigenvalue weighted by Gasteiger charge is 2.12. The number of nitrogens with one attached hydrogen (secondary N) is 1. The zero-order valence-corrected chi connectivity index (χ0v) is 14.4. The highest BCUT2D eigenvalue weighted by atomic mass is 79.9. The molecule has 3 aromatic rings. The summed E-state index contributed by atoms with van der Waals surface area (Å²) in [7, 11) is 1.31. The van der Waals surface area contributed by atoms with E-state index in [4.69, 9.17) is 0 Å². The quantitative estimate of drug-likeness (QED) is 0.683. The predicted molar refractivity (Wildman–Crippen MR) is 93.1 cm³/mol. The first-order chi connectivity index (χ1) is 11.1. The zero-order chi connectivity index (χ0) is 16.4. The molecule has 3 rings (SSSR count). The van der Waals surface area contributed by atoms with Gasteiger partial charge in [-0.15, -0.1) is 0 Å². The van der Waals surface area contributed by atoms with E-state index in [1.54, 1.807) is 24.3 Å². The van der Waals surface area contributed by atoms with Crippen molar-refractivity contribution in [1.82, 2.24) is 4.98 Å². The highest BCUT2D eigenvalue weighted by Crippen LogP contribution is 2.31. The van der Waals surface area contributed by atoms with Gasteiger partial charge in [0.25, 0.3) is 5.91 Å². The second kappa shape index (κ2) is 6.47. The number of nitrogens with zero attached hydrogens (tertiary/aromatic N) is 1. The van der Waals surface area contributed by atoms with E-state index in [1.165, 1.54) is 18.4 Å². The maximum absolute atomic E-state index is 12.3. The minimum Gasteiger partial charge on any atom is -0.465 e. The van der Waals surface area contributed by atoms with Crippen molar-refractivity contribution in [2.45, 2.75) is 0 Å². The number of para-hydroxylation sites is 1. The van der Waals surface area contributed by atoms with Crippen LogP contribution in [-0.4, -0.2) is 24.0 Å². The number of anilines is 1. The molecule has 0 aliphatic rings. The molecule has 0 aliphatic heterocycles. The van der Waals surface area contributed by atoms with Gasteiger partial charge in [-0.25, -0.2) is 9.78 Å². The number of thiazole rings is 1. The lowest BCUT2D eigenvalue weighted by Gasteiger charge is -2.03. The van der Waals surface area contributed by atoms with Crippen LogP contribution in [0, 0.1) is 0 Å². The summed E-state index contributed by atoms with van der Waals surface area (Å²) < 4.78 is 6.49. The molecular formula is C16H11BrN2O3S. The molecule has 23 heavy (non-hydrogen) atoms. The molecule has 1 heterocycles. The van der Waals surface area contributed by atoms with E-state index in [0.717, 1.165) is 14.7 Å². The largest absolute Gasteiger partial charge is 0.465 e. The molecule has 7 heteroatoms. The van der Waals surface area contributed by atoms with Gasteiger partial charge in [-0.2, -0.15) is 0 Å². The molecule has 0 fully saturated rings. The van der Waals surface area contributed by atoms with Crippen molar-refractivity contribution in [3.63, 3.8) is 0 Å². The maximum Gasteiger partial charge on any atom is 0.337 e. The van der Waals surface area contributed by atoms with E-state index in [-0.39, 0.29) is 5.91 Å². The Morgan fingerprint density at radius 2 is 1.83 bits per heavy atom. The van der Waals surface area contributed by atoms with Gasteiger partial charge in [-0.1, -0.05) is 17.4 Å². The molecule has 1 N–H and O–H groups in total. The van der Waals surface area contributed by atoms with Crippen LogP contribution >= 0.6 is 27.3 Å². The van der Waals surface area contributed by atoms with Crippen molar-refractivity contribution in [2.75, 3.05) is 12.4 Å². The van der Waals surface area contributed by atoms with Crippen molar-refractivity contribution in [3.8, 4) is 0 Å². The number of carbonyl (C=O) groups excluding carboxylic acids is 2. The van der Waals surface area contributed by atoms with Crippen LogP contribution in [0.25, 0.3) is 10.2 Å². The topological polar surface area (TPSA) is 68.3 Å². The average molecular weight is 391 g/mol. The van der Waals surface area contributed by atoms with Crippen molar-refractivity contribution >= 4 is 54.5 Å². The van der Waals surface area contributed by atoms with Gasteiger partial charge < -0.3 is 4.74 Å². The molecule has 0 saturated carbocycles. The standard InChI is InChI=1S/C16H11BrN2O3S/c1-22-15(21)10-7-5-9(6-8-10)14(20)19-16-18-13-11(17)3-2-4-12(13)23-16/h2-8H,1H3,(H,18,19,20). The Morgan fingerprint density at radius 1 is 1.13 bits per heavy atom. The number of rotatable bonds is 3. The third-order valence-corrected chi connectivity index (χ3v) is 4.73. The average Bonchev–Trinajstić information content (AvgIpc) is 2.98. The molecule has 0 spiro atoms. The minimum absolute atomic E-state index is 0.281. The van der Waals surface area contributed by atoms with Gasteiger partial charge in [0.15, 0.2) is 5.13 Å². The lowest BCUT2D eigenvalue weighted by Crippen LogP contribution is -2.12. The molecule has 0 saturated heterocycles. The number of hydrogen-bond acceptors (Lipinski definition) is 5. The van der Waals surface area contributed by atoms with Gasteiger partial charge in [0.05, 0.1) is 22.9 Å². The van der Waals surface area contributed by atoms with Gasteiger partial charge >= 0.3 is 5.97 Å². The summed E-state index contributed by atoms with van der Waals surface area (Å²) in [5.41, 5.74) is 1.65. The first-order valence-electron chi connectivity index (χ1n) is 6.63. The van der Waals surface area contributed by atoms with E-state index < -0.39 is 5.97 Å². The Morgan fingerprint density at radius 3 is 2.48 bits per heavy atom. The number of ether oxygens (including phenoxy) is 1. The Hall–Kier alpha value is -2.25. The number of halogens is 1. The van der Waals surface area contributed by atoms with Crippen LogP contribution in [0.3, 0.4) is 0 Å². The van der Waals surface area contributed by atoms with Gasteiger partial charge in [0.2, 0.25) is 0 Å². The molecule has 116 valence electrons. The number of carbonyl (C=O) groups is 2. The molecule has 0 unspecified atom stereocenters. The number of esters is 1. The van der Waals surface area contributed by atoms with Crippen LogP contribution in [0.15, 0.2) is 46.9 Å². The fourth-order valence-corrected chi connectivity index (χ4v) is 3.49. The maximum atomic E-state index is 12.3. The minimum atomic E-state index is -0.437. The Balaban J connectivity index is 1.80. The molecular weight excluding hydrogens is 380 g/mol. The lowest BCUT2D eigenvalue weighted by molar-refractivity contribution is 0.0600. The molecule has 2 aromatic carbocycles. The molecule has 1 aromatic heterocycles. The van der Waals surface area contributed by atoms with E-state index in [1.807, 2.05) is 18.2 Å². The number of fused-ring (bicyclic) bond motifs is 1. The van der Waals surface area contributed by atoms with Crippen LogP contribution in [0.2, 0.25) is 0 Å². The second-order valence-corrected chi connectivity index (χ2v) is 6.51. The Labute approximate surface area is 144 Å². The summed E-state index contributed by atoms with van der Waals surface area (Å²) in [5, 5.41) is 3.29. The summed E-state index contributed by atoms with van der Waals surface area (Å²) in [6.45, 7) is 0. The molecule has 0 radical (unpaired) electrons. The number of benzene rings is 2. The molecule has 5 nitrogen and oxygen atoms in total. The molecule has 1 amide bonds. The number of aromatic nitrogens is 1. The summed E-state index contributed by atoms with van der Waals surface area (Å²) in [6, 6.07) is 12.0. The normalized spacial score (nSPS) is 10.5. The van der Waals surface area contributed by atoms with Crippen LogP contribution in [-0.2, 0) is 4.74 Å². The van der Waals surface area contributed by atoms with E-state index in [2.05, 4.69) is 31.0 Å². The van der Waals surface area contributed by atoms with Crippen LogP contribution < -0.4 is 5.32 Å². The van der Waals surface area contributed by atoms with Crippen molar-refractivity contribution < 1.29 is 14.3 Å². The van der Waals surface area contributed by atoms with Gasteiger partial charge in [-0.3, -0.25) is 10.1 Å². The molecule has 0 atom stereocenters. The van der Waals surface area contributed by atoms with Crippen molar-refractivity contribution in [1.29, 1.82) is 0 Å². The second-order valence-electron chi connectivity index (χ2n) is 4.63. The number of methoxy groups -OCH3 is 1. The van der Waals surface area contributed by atoms with Crippen molar-refractivity contribution in [2.24, 2.45) is 0 Å². The number of amides is 1. The highest BCUT2D eigenvalue weighted by molar-refractivity contribution is 9.10. The zero-order valence-electron chi connectivity index (χ0n) is 12.0. The fourth-order valence-electron chi connectivity index (χ4n) is 2.01. The predicted octanol–water partition coefficient (Wildman–Crippen LogP) is 4.10. The van der Waals surface area contributed by atoms with Crippen LogP contribution in [0.1, 0.15) is 20.7 Å². The molecule has 0 bridgehead atoms. The monoisotopic (exact) mass is 390 g/mol. The van der Waals surface area contributed by atoms with Crippen molar-refractivity contribution in [3.05, 3.63) is 58.1 Å². The first-order valence-corrected chi connectivity index (χ1v) is 8.24. The summed E-state index contributed by atoms with van der Waals surface area (Å²) in [5.74, 6) is -0.718. The number of hydrogen-bond donors (Lipinski definition) is 1. The molecule has 0 aliphatic carbocycles. The third-order valence-electron chi connectivity index (χ3n) is 3.16. The third kappa shape index (κ3) is 3.25. The van der Waals surface area contributed by atoms with E-state index in [9.17, 15) is 9.59 Å². The Kier molecular flexibility index (Phi) is 4.40. The first kappa shape index (κ1) is 15.6. The van der Waals surface area contributed by atoms with Gasteiger partial charge in [-0.05, 0) is 52.3 Å². The Bertz CT molecular complexity index is 890. The summed E-state index contributed by atoms with van der Waals surface area (Å²) in [4.78, 5) is 28.0. The summed E-state index contributed by atoms with van der Waals surface area (Å²) in [6.07, 6.45) is 0. The van der Waals surface area contributed by atoms with Gasteiger partial charge in [0.1, 0.15) is 0 Å². The lowest BCUT2D eigenvalue weighted by atomic mass is 10.1. The van der Waals surface area contributed by atoms with E-state index >= 15 is 0 Å². The van der Waals surface area contributed by atoms with Gasteiger partial charge in [0, 0.05) is 10.0 Å².